The van der Waals surface area contributed by atoms with Crippen molar-refractivity contribution < 1.29 is 13.5 Å². The molecule has 0 aromatic rings. The summed E-state index contributed by atoms with van der Waals surface area (Å²) >= 11 is 0. The van der Waals surface area contributed by atoms with Gasteiger partial charge in [-0.25, -0.2) is 8.42 Å². The molecule has 14 heavy (non-hydrogen) atoms. The van der Waals surface area contributed by atoms with Crippen molar-refractivity contribution in [2.24, 2.45) is 0 Å². The Labute approximate surface area is 85.4 Å². The van der Waals surface area contributed by atoms with Crippen LogP contribution in [0.25, 0.3) is 0 Å². The van der Waals surface area contributed by atoms with Gasteiger partial charge in [-0.05, 0) is 44.9 Å². The average molecular weight is 218 g/mol. The molecule has 1 saturated heterocycles. The molecule has 1 N–H and O–H groups in total. The maximum absolute atomic E-state index is 11.5. The minimum Gasteiger partial charge on any atom is -0.390 e. The van der Waals surface area contributed by atoms with Gasteiger partial charge >= 0.3 is 0 Å². The van der Waals surface area contributed by atoms with Gasteiger partial charge in [0, 0.05) is 0 Å². The summed E-state index contributed by atoms with van der Waals surface area (Å²) in [7, 11) is -2.80. The van der Waals surface area contributed by atoms with Crippen molar-refractivity contribution >= 4 is 9.84 Å². The van der Waals surface area contributed by atoms with Crippen molar-refractivity contribution in [3.8, 4) is 0 Å². The zero-order valence-electron chi connectivity index (χ0n) is 8.41. The van der Waals surface area contributed by atoms with Crippen molar-refractivity contribution in [3.63, 3.8) is 0 Å². The molecule has 0 bridgehead atoms. The van der Waals surface area contributed by atoms with Crippen LogP contribution in [0, 0.1) is 0 Å². The Hall–Kier alpha value is -0.0900. The van der Waals surface area contributed by atoms with Crippen molar-refractivity contribution in [1.29, 1.82) is 0 Å². The molecule has 2 fully saturated rings. The zero-order chi connectivity index (χ0) is 10.2. The minimum atomic E-state index is -2.80. The predicted molar refractivity (Wildman–Crippen MR) is 54.8 cm³/mol. The second-order valence-corrected chi connectivity index (χ2v) is 7.15. The molecule has 1 saturated carbocycles. The molecule has 1 aliphatic carbocycles. The largest absolute Gasteiger partial charge is 0.390 e. The van der Waals surface area contributed by atoms with Gasteiger partial charge in [-0.2, -0.15) is 0 Å². The highest BCUT2D eigenvalue weighted by Crippen LogP contribution is 2.37. The lowest BCUT2D eigenvalue weighted by Crippen LogP contribution is -2.37. The van der Waals surface area contributed by atoms with Gasteiger partial charge in [-0.15, -0.1) is 0 Å². The van der Waals surface area contributed by atoms with Crippen LogP contribution in [0.4, 0.5) is 0 Å². The first kappa shape index (κ1) is 10.4. The van der Waals surface area contributed by atoms with Crippen LogP contribution in [0.3, 0.4) is 0 Å². The molecule has 2 aliphatic rings. The number of hydrogen-bond acceptors (Lipinski definition) is 3. The summed E-state index contributed by atoms with van der Waals surface area (Å²) in [6.45, 7) is 0. The fourth-order valence-corrected chi connectivity index (χ4v) is 4.35. The second kappa shape index (κ2) is 3.49. The Morgan fingerprint density at radius 1 is 1.29 bits per heavy atom. The van der Waals surface area contributed by atoms with E-state index < -0.39 is 15.4 Å². The Bertz CT molecular complexity index is 303. The lowest BCUT2D eigenvalue weighted by molar-refractivity contribution is -0.0416. The summed E-state index contributed by atoms with van der Waals surface area (Å²) in [5.41, 5.74) is -0.516. The van der Waals surface area contributed by atoms with Gasteiger partial charge in [0.05, 0.1) is 16.6 Å². The third-order valence-corrected chi connectivity index (χ3v) is 6.02. The van der Waals surface area contributed by atoms with Crippen molar-refractivity contribution in [2.45, 2.75) is 55.8 Å². The van der Waals surface area contributed by atoms with Crippen LogP contribution in [0.5, 0.6) is 0 Å². The third kappa shape index (κ3) is 1.96. The fourth-order valence-electron chi connectivity index (χ4n) is 2.45. The molecule has 2 rings (SSSR count). The van der Waals surface area contributed by atoms with Gasteiger partial charge in [-0.1, -0.05) is 0 Å². The Kier molecular flexibility index (Phi) is 2.60. The monoisotopic (exact) mass is 218 g/mol. The van der Waals surface area contributed by atoms with Crippen LogP contribution in [0.2, 0.25) is 0 Å². The Morgan fingerprint density at radius 2 is 2.00 bits per heavy atom. The van der Waals surface area contributed by atoms with E-state index in [1.165, 1.54) is 0 Å². The van der Waals surface area contributed by atoms with Gasteiger partial charge < -0.3 is 5.11 Å². The topological polar surface area (TPSA) is 54.4 Å². The smallest absolute Gasteiger partial charge is 0.153 e. The van der Waals surface area contributed by atoms with E-state index in [0.29, 0.717) is 18.6 Å². The van der Waals surface area contributed by atoms with E-state index in [1.807, 2.05) is 0 Å². The van der Waals surface area contributed by atoms with E-state index >= 15 is 0 Å². The summed E-state index contributed by atoms with van der Waals surface area (Å²) in [6, 6.07) is 0. The Balaban J connectivity index is 1.86. The molecule has 0 aromatic carbocycles. The molecular formula is C10H18O3S. The highest BCUT2D eigenvalue weighted by Gasteiger charge is 2.37. The molecule has 1 atom stereocenters. The van der Waals surface area contributed by atoms with Crippen LogP contribution in [-0.4, -0.2) is 30.1 Å². The van der Waals surface area contributed by atoms with Crippen molar-refractivity contribution in [3.05, 3.63) is 0 Å². The molecule has 4 heteroatoms. The third-order valence-electron chi connectivity index (χ3n) is 3.68. The van der Waals surface area contributed by atoms with Gasteiger partial charge in [0.15, 0.2) is 9.84 Å². The van der Waals surface area contributed by atoms with Gasteiger partial charge in [0.2, 0.25) is 0 Å². The Morgan fingerprint density at radius 3 is 2.43 bits per heavy atom. The van der Waals surface area contributed by atoms with Crippen LogP contribution >= 0.6 is 0 Å². The van der Waals surface area contributed by atoms with Gasteiger partial charge in [0.25, 0.3) is 0 Å². The van der Waals surface area contributed by atoms with Crippen LogP contribution in [0.1, 0.15) is 44.9 Å². The zero-order valence-corrected chi connectivity index (χ0v) is 9.22. The number of hydrogen-bond donors (Lipinski definition) is 1. The summed E-state index contributed by atoms with van der Waals surface area (Å²) in [5.74, 6) is 0.357. The molecule has 0 amide bonds. The summed E-state index contributed by atoms with van der Waals surface area (Å²) in [5, 5.41) is 9.69. The first-order valence-corrected chi connectivity index (χ1v) is 7.17. The number of aliphatic hydroxyl groups is 1. The SMILES string of the molecule is O=S1(=O)CCCC1CCC1(O)CCC1. The highest BCUT2D eigenvalue weighted by molar-refractivity contribution is 7.92. The normalized spacial score (nSPS) is 33.9. The van der Waals surface area contributed by atoms with Crippen LogP contribution < -0.4 is 0 Å². The molecule has 0 radical (unpaired) electrons. The quantitative estimate of drug-likeness (QED) is 0.776. The molecule has 3 nitrogen and oxygen atoms in total. The summed E-state index contributed by atoms with van der Waals surface area (Å²) in [4.78, 5) is 0. The lowest BCUT2D eigenvalue weighted by atomic mass is 9.77. The molecule has 1 unspecified atom stereocenters. The fraction of sp³-hybridized carbons (Fsp3) is 1.00. The first-order valence-electron chi connectivity index (χ1n) is 5.46. The van der Waals surface area contributed by atoms with E-state index in [0.717, 1.165) is 32.1 Å². The van der Waals surface area contributed by atoms with E-state index in [4.69, 9.17) is 0 Å². The van der Waals surface area contributed by atoms with Crippen molar-refractivity contribution in [2.75, 3.05) is 5.75 Å². The maximum atomic E-state index is 11.5. The first-order chi connectivity index (χ1) is 6.52. The molecule has 82 valence electrons. The molecule has 1 heterocycles. The predicted octanol–water partition coefficient (Wildman–Crippen LogP) is 1.26. The van der Waals surface area contributed by atoms with Crippen LogP contribution in [0.15, 0.2) is 0 Å². The lowest BCUT2D eigenvalue weighted by Gasteiger charge is -2.37. The highest BCUT2D eigenvalue weighted by atomic mass is 32.2. The van der Waals surface area contributed by atoms with Gasteiger partial charge in [-0.3, -0.25) is 0 Å². The standard InChI is InChI=1S/C10H18O3S/c11-10(5-2-6-10)7-4-9-3-1-8-14(9,12)13/h9,11H,1-8H2. The summed E-state index contributed by atoms with van der Waals surface area (Å²) < 4.78 is 23.0. The molecule has 0 aromatic heterocycles. The van der Waals surface area contributed by atoms with Crippen molar-refractivity contribution in [1.82, 2.24) is 0 Å². The van der Waals surface area contributed by atoms with Gasteiger partial charge in [0.1, 0.15) is 0 Å². The second-order valence-electron chi connectivity index (χ2n) is 4.75. The number of rotatable bonds is 3. The van der Waals surface area contributed by atoms with Crippen LogP contribution in [-0.2, 0) is 9.84 Å². The van der Waals surface area contributed by atoms with E-state index in [2.05, 4.69) is 0 Å². The maximum Gasteiger partial charge on any atom is 0.153 e. The molecular weight excluding hydrogens is 200 g/mol. The molecule has 0 spiro atoms. The molecule has 1 aliphatic heterocycles. The minimum absolute atomic E-state index is 0.160. The van der Waals surface area contributed by atoms with E-state index in [1.54, 1.807) is 0 Å². The average Bonchev–Trinajstić information content (AvgIpc) is 2.38. The summed E-state index contributed by atoms with van der Waals surface area (Å²) in [6.07, 6.45) is 5.77. The van der Waals surface area contributed by atoms with E-state index in [-0.39, 0.29) is 5.25 Å². The van der Waals surface area contributed by atoms with E-state index in [9.17, 15) is 13.5 Å². The number of sulfone groups is 1.